The average molecular weight is 265 g/mol. The van der Waals surface area contributed by atoms with Gasteiger partial charge in [-0.05, 0) is 56.3 Å². The van der Waals surface area contributed by atoms with E-state index in [9.17, 15) is 8.78 Å². The first-order valence-corrected chi connectivity index (χ1v) is 7.07. The number of allylic oxidation sites excluding steroid dienone is 1. The summed E-state index contributed by atoms with van der Waals surface area (Å²) in [5.41, 5.74) is 2.26. The van der Waals surface area contributed by atoms with Crippen LogP contribution in [0.3, 0.4) is 0 Å². The number of likely N-dealkylation sites (N-methyl/N-ethyl adjacent to an activating group) is 1. The zero-order valence-electron chi connectivity index (χ0n) is 11.4. The lowest BCUT2D eigenvalue weighted by atomic mass is 9.90. The van der Waals surface area contributed by atoms with E-state index < -0.39 is 11.6 Å². The number of hydrogen-bond donors (Lipinski definition) is 1. The molecule has 19 heavy (non-hydrogen) atoms. The topological polar surface area (TPSA) is 12.0 Å². The summed E-state index contributed by atoms with van der Waals surface area (Å²) < 4.78 is 26.2. The molecule has 1 aromatic carbocycles. The van der Waals surface area contributed by atoms with Crippen LogP contribution in [0, 0.1) is 11.6 Å². The van der Waals surface area contributed by atoms with Crippen molar-refractivity contribution in [3.8, 4) is 0 Å². The minimum absolute atomic E-state index is 0.246. The van der Waals surface area contributed by atoms with Crippen molar-refractivity contribution in [1.29, 1.82) is 0 Å². The Morgan fingerprint density at radius 2 is 2.05 bits per heavy atom. The maximum absolute atomic E-state index is 13.2. The smallest absolute Gasteiger partial charge is 0.159 e. The molecular formula is C16H21F2N. The molecule has 0 radical (unpaired) electrons. The van der Waals surface area contributed by atoms with Crippen molar-refractivity contribution < 1.29 is 8.78 Å². The minimum Gasteiger partial charge on any atom is -0.310 e. The third-order valence-electron chi connectivity index (χ3n) is 3.65. The molecule has 0 aromatic heterocycles. The first kappa shape index (κ1) is 14.2. The van der Waals surface area contributed by atoms with Crippen molar-refractivity contribution in [3.05, 3.63) is 47.0 Å². The van der Waals surface area contributed by atoms with Crippen LogP contribution in [0.25, 0.3) is 0 Å². The SMILES string of the molecule is CCNC(Cc1ccc(F)c(F)c1)C1=CCCCC1. The highest BCUT2D eigenvalue weighted by Gasteiger charge is 2.16. The molecule has 1 nitrogen and oxygen atoms in total. The molecule has 2 rings (SSSR count). The molecule has 1 N–H and O–H groups in total. The second-order valence-electron chi connectivity index (χ2n) is 5.09. The third-order valence-corrected chi connectivity index (χ3v) is 3.65. The average Bonchev–Trinajstić information content (AvgIpc) is 2.43. The highest BCUT2D eigenvalue weighted by Crippen LogP contribution is 2.23. The standard InChI is InChI=1S/C16H21F2N/c1-2-19-16(13-6-4-3-5-7-13)11-12-8-9-14(17)15(18)10-12/h6,8-10,16,19H,2-5,7,11H2,1H3. The molecule has 1 aliphatic carbocycles. The third kappa shape index (κ3) is 3.87. The molecule has 3 heteroatoms. The monoisotopic (exact) mass is 265 g/mol. The van der Waals surface area contributed by atoms with Crippen molar-refractivity contribution in [3.63, 3.8) is 0 Å². The van der Waals surface area contributed by atoms with E-state index in [2.05, 4.69) is 18.3 Å². The molecule has 0 aliphatic heterocycles. The first-order chi connectivity index (χ1) is 9.20. The summed E-state index contributed by atoms with van der Waals surface area (Å²) in [5, 5.41) is 3.45. The number of rotatable bonds is 5. The van der Waals surface area contributed by atoms with E-state index in [1.165, 1.54) is 30.5 Å². The highest BCUT2D eigenvalue weighted by atomic mass is 19.2. The van der Waals surface area contributed by atoms with Crippen molar-refractivity contribution in [2.75, 3.05) is 6.54 Å². The van der Waals surface area contributed by atoms with E-state index in [0.29, 0.717) is 0 Å². The van der Waals surface area contributed by atoms with Crippen LogP contribution in [0.5, 0.6) is 0 Å². The van der Waals surface area contributed by atoms with Crippen LogP contribution in [0.4, 0.5) is 8.78 Å². The lowest BCUT2D eigenvalue weighted by Gasteiger charge is -2.24. The Morgan fingerprint density at radius 3 is 2.68 bits per heavy atom. The Bertz CT molecular complexity index is 454. The normalized spacial score (nSPS) is 17.1. The summed E-state index contributed by atoms with van der Waals surface area (Å²) in [4.78, 5) is 0. The van der Waals surface area contributed by atoms with Crippen molar-refractivity contribution >= 4 is 0 Å². The Labute approximate surface area is 113 Å². The van der Waals surface area contributed by atoms with Gasteiger partial charge in [-0.25, -0.2) is 8.78 Å². The van der Waals surface area contributed by atoms with Crippen molar-refractivity contribution in [1.82, 2.24) is 5.32 Å². The Morgan fingerprint density at radius 1 is 1.21 bits per heavy atom. The largest absolute Gasteiger partial charge is 0.310 e. The summed E-state index contributed by atoms with van der Waals surface area (Å²) in [7, 11) is 0. The van der Waals surface area contributed by atoms with Crippen molar-refractivity contribution in [2.24, 2.45) is 0 Å². The van der Waals surface area contributed by atoms with E-state index >= 15 is 0 Å². The fourth-order valence-electron chi connectivity index (χ4n) is 2.66. The molecule has 0 saturated heterocycles. The molecule has 1 unspecified atom stereocenters. The van der Waals surface area contributed by atoms with E-state index in [1.54, 1.807) is 6.07 Å². The van der Waals surface area contributed by atoms with Gasteiger partial charge in [0.05, 0.1) is 0 Å². The van der Waals surface area contributed by atoms with Crippen LogP contribution in [-0.4, -0.2) is 12.6 Å². The second-order valence-corrected chi connectivity index (χ2v) is 5.09. The summed E-state index contributed by atoms with van der Waals surface area (Å²) in [6.07, 6.45) is 7.75. The van der Waals surface area contributed by atoms with Crippen LogP contribution in [-0.2, 0) is 6.42 Å². The maximum Gasteiger partial charge on any atom is 0.159 e. The van der Waals surface area contributed by atoms with Crippen LogP contribution in [0.15, 0.2) is 29.8 Å². The van der Waals surface area contributed by atoms with Crippen molar-refractivity contribution in [2.45, 2.75) is 45.1 Å². The maximum atomic E-state index is 13.2. The second kappa shape index (κ2) is 6.80. The zero-order valence-corrected chi connectivity index (χ0v) is 11.4. The molecular weight excluding hydrogens is 244 g/mol. The van der Waals surface area contributed by atoms with Gasteiger partial charge in [0.2, 0.25) is 0 Å². The van der Waals surface area contributed by atoms with Gasteiger partial charge in [-0.1, -0.05) is 24.6 Å². The molecule has 0 bridgehead atoms. The molecule has 0 heterocycles. The highest BCUT2D eigenvalue weighted by molar-refractivity contribution is 5.23. The van der Waals surface area contributed by atoms with E-state index in [0.717, 1.165) is 31.4 Å². The van der Waals surface area contributed by atoms with Gasteiger partial charge in [-0.15, -0.1) is 0 Å². The first-order valence-electron chi connectivity index (χ1n) is 7.07. The molecule has 1 aromatic rings. The molecule has 1 atom stereocenters. The van der Waals surface area contributed by atoms with Gasteiger partial charge in [-0.3, -0.25) is 0 Å². The summed E-state index contributed by atoms with van der Waals surface area (Å²) >= 11 is 0. The van der Waals surface area contributed by atoms with E-state index in [1.807, 2.05) is 0 Å². The van der Waals surface area contributed by atoms with Gasteiger partial charge in [0.15, 0.2) is 11.6 Å². The lowest BCUT2D eigenvalue weighted by molar-refractivity contribution is 0.502. The van der Waals surface area contributed by atoms with E-state index in [-0.39, 0.29) is 6.04 Å². The van der Waals surface area contributed by atoms with Crippen LogP contribution in [0.2, 0.25) is 0 Å². The Balaban J connectivity index is 2.11. The zero-order chi connectivity index (χ0) is 13.7. The Kier molecular flexibility index (Phi) is 5.08. The lowest BCUT2D eigenvalue weighted by Crippen LogP contribution is -2.33. The summed E-state index contributed by atoms with van der Waals surface area (Å²) in [6.45, 7) is 2.95. The van der Waals surface area contributed by atoms with Gasteiger partial charge in [0, 0.05) is 6.04 Å². The summed E-state index contributed by atoms with van der Waals surface area (Å²) in [6, 6.07) is 4.44. The van der Waals surface area contributed by atoms with Crippen LogP contribution in [0.1, 0.15) is 38.2 Å². The predicted molar refractivity (Wildman–Crippen MR) is 74.1 cm³/mol. The van der Waals surface area contributed by atoms with Crippen LogP contribution >= 0.6 is 0 Å². The molecule has 0 spiro atoms. The number of halogens is 2. The van der Waals surface area contributed by atoms with Gasteiger partial charge < -0.3 is 5.32 Å². The minimum atomic E-state index is -0.777. The van der Waals surface area contributed by atoms with Gasteiger partial charge in [0.1, 0.15) is 0 Å². The number of benzene rings is 1. The quantitative estimate of drug-likeness (QED) is 0.794. The van der Waals surface area contributed by atoms with E-state index in [4.69, 9.17) is 0 Å². The summed E-state index contributed by atoms with van der Waals surface area (Å²) in [5.74, 6) is -1.54. The molecule has 0 amide bonds. The number of hydrogen-bond acceptors (Lipinski definition) is 1. The fourth-order valence-corrected chi connectivity index (χ4v) is 2.66. The number of nitrogens with one attached hydrogen (secondary N) is 1. The molecule has 1 aliphatic rings. The fraction of sp³-hybridized carbons (Fsp3) is 0.500. The Hall–Kier alpha value is -1.22. The molecule has 104 valence electrons. The molecule has 0 saturated carbocycles. The van der Waals surface area contributed by atoms with Gasteiger partial charge >= 0.3 is 0 Å². The predicted octanol–water partition coefficient (Wildman–Crippen LogP) is 3.99. The van der Waals surface area contributed by atoms with Gasteiger partial charge in [-0.2, -0.15) is 0 Å². The van der Waals surface area contributed by atoms with Gasteiger partial charge in [0.25, 0.3) is 0 Å². The molecule has 0 fully saturated rings. The van der Waals surface area contributed by atoms with Crippen LogP contribution < -0.4 is 5.32 Å².